The average molecular weight is 432 g/mol. The van der Waals surface area contributed by atoms with Crippen LogP contribution in [0.25, 0.3) is 17.0 Å². The molecule has 1 aliphatic heterocycles. The lowest BCUT2D eigenvalue weighted by Gasteiger charge is -2.39. The number of anilines is 1. The van der Waals surface area contributed by atoms with Gasteiger partial charge in [-0.2, -0.15) is 0 Å². The highest BCUT2D eigenvalue weighted by molar-refractivity contribution is 8.05. The molecule has 1 unspecified atom stereocenters. The lowest BCUT2D eigenvalue weighted by molar-refractivity contribution is -0.129. The van der Waals surface area contributed by atoms with E-state index in [2.05, 4.69) is 77.4 Å². The second-order valence-corrected chi connectivity index (χ2v) is 9.87. The van der Waals surface area contributed by atoms with Gasteiger partial charge in [0.2, 0.25) is 0 Å². The normalized spacial score (nSPS) is 25.5. The Morgan fingerprint density at radius 1 is 1.03 bits per heavy atom. The van der Waals surface area contributed by atoms with Crippen LogP contribution in [0.3, 0.4) is 0 Å². The fourth-order valence-electron chi connectivity index (χ4n) is 5.00. The highest BCUT2D eigenvalue weighted by atomic mass is 32.2. The van der Waals surface area contributed by atoms with E-state index in [1.165, 1.54) is 30.2 Å². The Morgan fingerprint density at radius 2 is 1.77 bits per heavy atom. The molecule has 160 valence electrons. The summed E-state index contributed by atoms with van der Waals surface area (Å²) in [6, 6.07) is 18.9. The van der Waals surface area contributed by atoms with Gasteiger partial charge in [0.25, 0.3) is 5.91 Å². The van der Waals surface area contributed by atoms with Crippen LogP contribution in [0.2, 0.25) is 0 Å². The molecule has 3 aromatic rings. The highest BCUT2D eigenvalue weighted by Gasteiger charge is 2.42. The number of benzene rings is 2. The molecular weight excluding hydrogens is 402 g/mol. The van der Waals surface area contributed by atoms with Gasteiger partial charge in [-0.25, -0.2) is 0 Å². The molecule has 0 spiro atoms. The van der Waals surface area contributed by atoms with E-state index in [0.29, 0.717) is 5.92 Å². The van der Waals surface area contributed by atoms with E-state index in [0.717, 1.165) is 22.6 Å². The van der Waals surface area contributed by atoms with Gasteiger partial charge in [0.1, 0.15) is 0 Å². The van der Waals surface area contributed by atoms with E-state index in [4.69, 9.17) is 0 Å². The minimum Gasteiger partial charge on any atom is -0.356 e. The molecule has 2 fully saturated rings. The number of thioether (sulfide) groups is 1. The molecule has 3 atom stereocenters. The molecule has 1 saturated carbocycles. The Kier molecular flexibility index (Phi) is 5.53. The van der Waals surface area contributed by atoms with Crippen molar-refractivity contribution in [2.45, 2.75) is 44.1 Å². The Hall–Kier alpha value is -2.66. The molecule has 1 saturated heterocycles. The van der Waals surface area contributed by atoms with Crippen molar-refractivity contribution in [1.29, 1.82) is 0 Å². The number of para-hydroxylation sites is 2. The van der Waals surface area contributed by atoms with Gasteiger partial charge in [0.15, 0.2) is 5.50 Å². The Morgan fingerprint density at radius 3 is 2.58 bits per heavy atom. The van der Waals surface area contributed by atoms with Crippen LogP contribution in [0, 0.1) is 5.92 Å². The number of aromatic nitrogens is 1. The third-order valence-corrected chi connectivity index (χ3v) is 7.75. The van der Waals surface area contributed by atoms with E-state index in [1.807, 2.05) is 18.2 Å². The van der Waals surface area contributed by atoms with Gasteiger partial charge in [-0.05, 0) is 43.0 Å². The topological polar surface area (TPSA) is 37.3 Å². The Balaban J connectivity index is 1.51. The molecule has 0 bridgehead atoms. The predicted molar refractivity (Wildman–Crippen MR) is 131 cm³/mol. The van der Waals surface area contributed by atoms with Crippen molar-refractivity contribution in [3.05, 3.63) is 71.3 Å². The molecule has 2 heterocycles. The molecule has 1 N–H and O–H groups in total. The number of fused-ring (bicyclic) bond motifs is 1. The summed E-state index contributed by atoms with van der Waals surface area (Å²) in [7, 11) is 2.06. The maximum Gasteiger partial charge on any atom is 0.262 e. The van der Waals surface area contributed by atoms with Crippen LogP contribution in [-0.4, -0.2) is 26.9 Å². The largest absolute Gasteiger partial charge is 0.356 e. The molecule has 1 aliphatic carbocycles. The number of nitrogens with zero attached hydrogens (tertiary/aromatic N) is 2. The third kappa shape index (κ3) is 3.87. The van der Waals surface area contributed by atoms with Crippen LogP contribution in [0.1, 0.15) is 38.2 Å². The molecule has 0 radical (unpaired) electrons. The number of carbonyl (C=O) groups excluding carboxylic acids is 1. The van der Waals surface area contributed by atoms with Gasteiger partial charge in [-0.3, -0.25) is 4.79 Å². The second kappa shape index (κ2) is 8.46. The quantitative estimate of drug-likeness (QED) is 0.510. The molecule has 5 rings (SSSR count). The number of rotatable bonds is 4. The van der Waals surface area contributed by atoms with Crippen LogP contribution < -0.4 is 5.32 Å². The van der Waals surface area contributed by atoms with E-state index in [1.54, 1.807) is 11.8 Å². The van der Waals surface area contributed by atoms with E-state index in [9.17, 15) is 4.79 Å². The maximum absolute atomic E-state index is 13.7. The van der Waals surface area contributed by atoms with Crippen molar-refractivity contribution < 1.29 is 4.79 Å². The van der Waals surface area contributed by atoms with Gasteiger partial charge < -0.3 is 14.8 Å². The summed E-state index contributed by atoms with van der Waals surface area (Å²) in [4.78, 5) is 16.6. The maximum atomic E-state index is 13.7. The second-order valence-electron chi connectivity index (χ2n) is 8.74. The lowest BCUT2D eigenvalue weighted by atomic mass is 9.85. The van der Waals surface area contributed by atoms with E-state index in [-0.39, 0.29) is 17.4 Å². The molecule has 1 amide bonds. The summed E-state index contributed by atoms with van der Waals surface area (Å²) < 4.78 is 2.13. The highest BCUT2D eigenvalue weighted by Crippen LogP contribution is 2.42. The predicted octanol–water partition coefficient (Wildman–Crippen LogP) is 6.07. The average Bonchev–Trinajstić information content (AvgIpc) is 3.26. The number of aryl methyl sites for hydroxylation is 1. The molecular formula is C26H29N3OS. The fourth-order valence-corrected chi connectivity index (χ4v) is 6.20. The van der Waals surface area contributed by atoms with Crippen LogP contribution in [0.5, 0.6) is 0 Å². The number of nitrogens with one attached hydrogen (secondary N) is 1. The summed E-state index contributed by atoms with van der Waals surface area (Å²) >= 11 is 1.65. The minimum atomic E-state index is -0.0818. The standard InChI is InChI=1S/C26H29N3OS/c1-18-10-6-8-14-22(18)29-25(30)24(31-26(29)27-20-11-4-3-5-12-20)16-19-17-28(2)23-15-9-7-13-21(19)23/h3-5,7,9,11-13,15-18,22,26-27H,6,8,10,14H2,1-2H3/b24-16-/t18-,22-,26?/m1/s1. The summed E-state index contributed by atoms with van der Waals surface area (Å²) in [6.45, 7) is 2.30. The van der Waals surface area contributed by atoms with Crippen LogP contribution in [0.4, 0.5) is 5.69 Å². The Bertz CT molecular complexity index is 1120. The van der Waals surface area contributed by atoms with Crippen LogP contribution in [0.15, 0.2) is 65.7 Å². The van der Waals surface area contributed by atoms with Gasteiger partial charge in [0.05, 0.1) is 4.91 Å². The zero-order chi connectivity index (χ0) is 21.4. The van der Waals surface area contributed by atoms with E-state index >= 15 is 0 Å². The van der Waals surface area contributed by atoms with Crippen molar-refractivity contribution >= 4 is 40.3 Å². The zero-order valence-corrected chi connectivity index (χ0v) is 18.9. The first-order valence-electron chi connectivity index (χ1n) is 11.2. The number of hydrogen-bond acceptors (Lipinski definition) is 3. The summed E-state index contributed by atoms with van der Waals surface area (Å²) in [5.41, 5.74) is 3.25. The van der Waals surface area contributed by atoms with Gasteiger partial charge in [-0.15, -0.1) is 0 Å². The monoisotopic (exact) mass is 431 g/mol. The molecule has 2 aromatic carbocycles. The summed E-state index contributed by atoms with van der Waals surface area (Å²) in [5, 5.41) is 4.80. The van der Waals surface area contributed by atoms with Crippen molar-refractivity contribution in [2.24, 2.45) is 13.0 Å². The zero-order valence-electron chi connectivity index (χ0n) is 18.1. The first kappa shape index (κ1) is 20.3. The minimum absolute atomic E-state index is 0.0818. The van der Waals surface area contributed by atoms with Crippen molar-refractivity contribution in [2.75, 3.05) is 5.32 Å². The molecule has 4 nitrogen and oxygen atoms in total. The first-order valence-corrected chi connectivity index (χ1v) is 12.1. The van der Waals surface area contributed by atoms with Crippen molar-refractivity contribution in [3.8, 4) is 0 Å². The van der Waals surface area contributed by atoms with Crippen molar-refractivity contribution in [3.63, 3.8) is 0 Å². The SMILES string of the molecule is C[C@@H]1CCCC[C@H]1N1C(=O)/C(=C/c2cn(C)c3ccccc23)SC1Nc1ccccc1. The number of hydrogen-bond donors (Lipinski definition) is 1. The fraction of sp³-hybridized carbons (Fsp3) is 0.346. The summed E-state index contributed by atoms with van der Waals surface area (Å²) in [5.74, 6) is 0.681. The smallest absolute Gasteiger partial charge is 0.262 e. The number of carbonyl (C=O) groups is 1. The van der Waals surface area contributed by atoms with E-state index < -0.39 is 0 Å². The van der Waals surface area contributed by atoms with Crippen LogP contribution in [-0.2, 0) is 11.8 Å². The van der Waals surface area contributed by atoms with Crippen molar-refractivity contribution in [1.82, 2.24) is 9.47 Å². The van der Waals surface area contributed by atoms with Gasteiger partial charge in [0, 0.05) is 41.4 Å². The van der Waals surface area contributed by atoms with Gasteiger partial charge >= 0.3 is 0 Å². The molecule has 1 aromatic heterocycles. The molecule has 5 heteroatoms. The molecule has 31 heavy (non-hydrogen) atoms. The van der Waals surface area contributed by atoms with Gasteiger partial charge in [-0.1, -0.05) is 67.9 Å². The molecule has 2 aliphatic rings. The summed E-state index contributed by atoms with van der Waals surface area (Å²) in [6.07, 6.45) is 8.95. The lowest BCUT2D eigenvalue weighted by Crippen LogP contribution is -2.48. The number of amides is 1. The third-order valence-electron chi connectivity index (χ3n) is 6.64. The Labute approximate surface area is 188 Å². The van der Waals surface area contributed by atoms with Crippen LogP contribution >= 0.6 is 11.8 Å². The first-order chi connectivity index (χ1) is 15.1.